The van der Waals surface area contributed by atoms with Gasteiger partial charge >= 0.3 is 11.9 Å². The van der Waals surface area contributed by atoms with Crippen LogP contribution in [0.2, 0.25) is 0 Å². The summed E-state index contributed by atoms with van der Waals surface area (Å²) in [6.45, 7) is 53.5. The van der Waals surface area contributed by atoms with Crippen molar-refractivity contribution in [2.75, 3.05) is 135 Å². The molecule has 5 aliphatic rings. The standard InChI is InChI=1S/C26H32N2O4.C26H31NO5.C24H30N2O3.C24H27NO5/c1-17-6-7-21(15-23(17)32-13-10-27-8-11-31-12-9-27)25-20(4)26(29)28(25)22-14-18(2)19(3)24(16-22)30-5;1-15-9-10-19(12-21(15)31-14-23(28)32-26(5,6)7)24-18(4)25(29)27(24)20-11-16(2)17(3)22(13-20)30-8;1-15-8-9-19(13-21(15)29-11-10-25(5)6)23-18(4)24(27)26(23)20-12-16(2)17(3)22(14-20)28-7;1-7-29-22(26)13-30-20-11-18(9-8-14(20)2)23-17(5)24(27)25(23)19-10-15(3)16(4)21(12-19)28-6/h6-7,14-16,25H,4,8-13H2,1-3,5H3;9-13,24H,4,14H2,1-3,5-8H3;8-9,12-14,23H,4,10-11H2,1-3,5-7H3;8-12,23H,5,7,13H2,1-4,6H3/t25-;24-;2*23-/m1111/s1. The number of amides is 4. The first-order valence-corrected chi connectivity index (χ1v) is 41.3. The van der Waals surface area contributed by atoms with Crippen molar-refractivity contribution in [3.63, 3.8) is 0 Å². The van der Waals surface area contributed by atoms with E-state index in [2.05, 4.69) is 48.2 Å². The highest BCUT2D eigenvalue weighted by atomic mass is 16.6. The maximum Gasteiger partial charge on any atom is 0.344 e. The Labute approximate surface area is 725 Å². The largest absolute Gasteiger partial charge is 0.496 e. The fourth-order valence-corrected chi connectivity index (χ4v) is 15.1. The molecule has 0 radical (unpaired) electrons. The van der Waals surface area contributed by atoms with Crippen LogP contribution in [-0.4, -0.2) is 166 Å². The first kappa shape index (κ1) is 93.1. The molecule has 5 heterocycles. The zero-order valence-electron chi connectivity index (χ0n) is 75.6. The summed E-state index contributed by atoms with van der Waals surface area (Å²) < 4.78 is 61.2. The predicted octanol–water partition coefficient (Wildman–Crippen LogP) is 17.4. The fourth-order valence-electron chi connectivity index (χ4n) is 15.1. The molecule has 0 bridgehead atoms. The number of ether oxygens (including phenoxy) is 11. The molecule has 23 nitrogen and oxygen atoms in total. The molecule has 123 heavy (non-hydrogen) atoms. The minimum atomic E-state index is -0.574. The van der Waals surface area contributed by atoms with Crippen LogP contribution in [0.3, 0.4) is 0 Å². The van der Waals surface area contributed by atoms with Crippen molar-refractivity contribution in [2.45, 2.75) is 141 Å². The van der Waals surface area contributed by atoms with E-state index in [1.807, 2.05) is 227 Å². The topological polar surface area (TPSA) is 223 Å². The number of anilines is 4. The molecular weight excluding hydrogens is 1560 g/mol. The molecule has 5 saturated heterocycles. The molecule has 23 heteroatoms. The quantitative estimate of drug-likeness (QED) is 0.0265. The Kier molecular flexibility index (Phi) is 30.4. The van der Waals surface area contributed by atoms with Gasteiger partial charge in [0.1, 0.15) is 64.8 Å². The minimum Gasteiger partial charge on any atom is -0.496 e. The third kappa shape index (κ3) is 21.1. The van der Waals surface area contributed by atoms with Crippen LogP contribution in [0.25, 0.3) is 0 Å². The van der Waals surface area contributed by atoms with Crippen LogP contribution < -0.4 is 57.5 Å². The van der Waals surface area contributed by atoms with Gasteiger partial charge in [-0.2, -0.15) is 0 Å². The summed E-state index contributed by atoms with van der Waals surface area (Å²) in [6.07, 6.45) is 0. The van der Waals surface area contributed by atoms with E-state index in [1.54, 1.807) is 55.0 Å². The number of aryl methyl sites for hydroxylation is 8. The molecule has 13 rings (SSSR count). The molecule has 5 aliphatic heterocycles. The number of β-lactam (4-membered cyclic amide) rings is 4. The molecule has 5 fully saturated rings. The number of hydrogen-bond donors (Lipinski definition) is 0. The van der Waals surface area contributed by atoms with Gasteiger partial charge in [0, 0.05) is 95.5 Å². The van der Waals surface area contributed by atoms with Gasteiger partial charge < -0.3 is 57.0 Å². The number of esters is 2. The predicted molar refractivity (Wildman–Crippen MR) is 482 cm³/mol. The van der Waals surface area contributed by atoms with Gasteiger partial charge in [0.25, 0.3) is 23.6 Å². The average molecular weight is 1680 g/mol. The normalized spacial score (nSPS) is 16.8. The van der Waals surface area contributed by atoms with Gasteiger partial charge in [0.05, 0.1) is 72.4 Å². The van der Waals surface area contributed by atoms with Gasteiger partial charge in [0.2, 0.25) is 0 Å². The SMILES string of the molecule is C=C1C(=O)N(c2cc(C)c(C)c(OC)c2)[C@H]1c1ccc(C)c(OCC(=O)OC(C)(C)C)c1.C=C1C(=O)N(c2cc(C)c(C)c(OC)c2)[C@H]1c1ccc(C)c(OCC(=O)OCC)c1.C=C1C(=O)N(c2cc(C)c(C)c(OC)c2)[C@H]1c1ccc(C)c(OCCN(C)C)c1.C=C1C(=O)N(c2cc(C)c(C)c(OC)c2)[C@H]1c1ccc(C)c(OCCN2CCOCC2)c1. The fraction of sp³-hybridized carbons (Fsp3) is 0.380. The molecule has 0 aromatic heterocycles. The average Bonchev–Trinajstić information content (AvgIpc) is 0.754. The van der Waals surface area contributed by atoms with Crippen LogP contribution in [0.1, 0.15) is 141 Å². The van der Waals surface area contributed by atoms with Crippen molar-refractivity contribution in [1.29, 1.82) is 0 Å². The summed E-state index contributed by atoms with van der Waals surface area (Å²) >= 11 is 0. The zero-order chi connectivity index (χ0) is 89.9. The number of carbonyl (C=O) groups is 6. The molecular formula is C100H120N6O17. The van der Waals surface area contributed by atoms with Crippen LogP contribution in [0.15, 0.2) is 170 Å². The number of nitrogens with zero attached hydrogens (tertiary/aromatic N) is 6. The number of morpholine rings is 1. The third-order valence-corrected chi connectivity index (χ3v) is 22.8. The van der Waals surface area contributed by atoms with Gasteiger partial charge in [-0.3, -0.25) is 43.7 Å². The summed E-state index contributed by atoms with van der Waals surface area (Å²) in [5.74, 6) is 4.62. The first-order valence-electron chi connectivity index (χ1n) is 41.3. The maximum atomic E-state index is 12.8. The second-order valence-electron chi connectivity index (χ2n) is 32.8. The van der Waals surface area contributed by atoms with Crippen LogP contribution >= 0.6 is 0 Å². The zero-order valence-corrected chi connectivity index (χ0v) is 75.6. The van der Waals surface area contributed by atoms with Gasteiger partial charge in [-0.1, -0.05) is 74.8 Å². The number of carbonyl (C=O) groups excluding carboxylic acids is 6. The highest BCUT2D eigenvalue weighted by molar-refractivity contribution is 6.17. The van der Waals surface area contributed by atoms with Gasteiger partial charge in [-0.15, -0.1) is 0 Å². The Bertz CT molecular complexity index is 5380. The van der Waals surface area contributed by atoms with Crippen LogP contribution in [0.4, 0.5) is 22.7 Å². The lowest BCUT2D eigenvalue weighted by atomic mass is 9.87. The molecule has 8 aromatic carbocycles. The first-order chi connectivity index (χ1) is 58.3. The van der Waals surface area contributed by atoms with Crippen molar-refractivity contribution in [2.24, 2.45) is 0 Å². The molecule has 0 unspecified atom stereocenters. The summed E-state index contributed by atoms with van der Waals surface area (Å²) in [4.78, 5) is 86.0. The summed E-state index contributed by atoms with van der Waals surface area (Å²) in [5, 5.41) is 0. The van der Waals surface area contributed by atoms with E-state index in [-0.39, 0.29) is 61.0 Å². The van der Waals surface area contributed by atoms with Crippen LogP contribution in [-0.2, 0) is 43.0 Å². The van der Waals surface area contributed by atoms with Crippen LogP contribution in [0.5, 0.6) is 46.0 Å². The Morgan fingerprint density at radius 3 is 0.959 bits per heavy atom. The number of benzene rings is 8. The molecule has 652 valence electrons. The summed E-state index contributed by atoms with van der Waals surface area (Å²) in [6, 6.07) is 38.2. The second kappa shape index (κ2) is 40.2. The minimum absolute atomic E-state index is 0.0593. The molecule has 8 aromatic rings. The lowest BCUT2D eigenvalue weighted by Crippen LogP contribution is -2.48. The van der Waals surface area contributed by atoms with Crippen molar-refractivity contribution >= 4 is 58.3 Å². The lowest BCUT2D eigenvalue weighted by Gasteiger charge is -2.43. The van der Waals surface area contributed by atoms with E-state index in [0.29, 0.717) is 53.6 Å². The molecule has 4 atom stereocenters. The number of hydrogen-bond acceptors (Lipinski definition) is 19. The van der Waals surface area contributed by atoms with E-state index in [0.717, 1.165) is 186 Å². The van der Waals surface area contributed by atoms with Gasteiger partial charge in [-0.05, 0) is 262 Å². The maximum absolute atomic E-state index is 12.8. The Hall–Kier alpha value is -12.2. The molecule has 4 amide bonds. The van der Waals surface area contributed by atoms with Gasteiger partial charge in [-0.25, -0.2) is 9.59 Å². The number of likely N-dealkylation sites (N-methyl/N-ethyl adjacent to an activating group) is 1. The van der Waals surface area contributed by atoms with E-state index < -0.39 is 17.5 Å². The summed E-state index contributed by atoms with van der Waals surface area (Å²) in [7, 11) is 10.6. The van der Waals surface area contributed by atoms with E-state index in [4.69, 9.17) is 52.1 Å². The summed E-state index contributed by atoms with van der Waals surface area (Å²) in [5.41, 5.74) is 20.9. The molecule has 0 spiro atoms. The molecule has 0 saturated carbocycles. The van der Waals surface area contributed by atoms with E-state index in [9.17, 15) is 28.8 Å². The molecule has 0 N–H and O–H groups in total. The number of rotatable bonds is 27. The van der Waals surface area contributed by atoms with Crippen molar-refractivity contribution < 1.29 is 80.9 Å². The smallest absolute Gasteiger partial charge is 0.344 e. The highest BCUT2D eigenvalue weighted by Gasteiger charge is 2.47. The van der Waals surface area contributed by atoms with E-state index in [1.165, 1.54) is 0 Å². The second-order valence-corrected chi connectivity index (χ2v) is 32.8. The Morgan fingerprint density at radius 2 is 0.683 bits per heavy atom. The Morgan fingerprint density at radius 1 is 0.398 bits per heavy atom. The van der Waals surface area contributed by atoms with Crippen LogP contribution in [0, 0.1) is 83.1 Å². The Balaban J connectivity index is 0.000000172. The number of methoxy groups -OCH3 is 4. The van der Waals surface area contributed by atoms with Crippen molar-refractivity contribution in [1.82, 2.24) is 9.80 Å². The van der Waals surface area contributed by atoms with E-state index >= 15 is 0 Å². The third-order valence-electron chi connectivity index (χ3n) is 22.8. The molecule has 0 aliphatic carbocycles. The van der Waals surface area contributed by atoms with Crippen molar-refractivity contribution in [3.8, 4) is 46.0 Å². The monoisotopic (exact) mass is 1680 g/mol. The lowest BCUT2D eigenvalue weighted by molar-refractivity contribution is -0.157. The highest BCUT2D eigenvalue weighted by Crippen LogP contribution is 2.50. The van der Waals surface area contributed by atoms with Crippen molar-refractivity contribution in [3.05, 3.63) is 259 Å². The van der Waals surface area contributed by atoms with Gasteiger partial charge in [0.15, 0.2) is 13.2 Å².